The Bertz CT molecular complexity index is 319. The molecular formula is C14H22N2O. The maximum atomic E-state index is 11.7. The number of hydrogen-bond donors (Lipinski definition) is 0. The van der Waals surface area contributed by atoms with Crippen molar-refractivity contribution in [3.8, 4) is 0 Å². The minimum Gasteiger partial charge on any atom is -0.302 e. The molecule has 17 heavy (non-hydrogen) atoms. The van der Waals surface area contributed by atoms with Crippen LogP contribution in [-0.4, -0.2) is 53.3 Å². The lowest BCUT2D eigenvalue weighted by molar-refractivity contribution is -0.126. The second kappa shape index (κ2) is 3.79. The van der Waals surface area contributed by atoms with Gasteiger partial charge in [0.05, 0.1) is 0 Å². The molecule has 0 aromatic carbocycles. The zero-order valence-electron chi connectivity index (χ0n) is 10.5. The van der Waals surface area contributed by atoms with Crippen LogP contribution in [0.5, 0.6) is 0 Å². The molecule has 0 aromatic rings. The molecule has 0 aliphatic carbocycles. The average Bonchev–Trinajstić information content (AvgIpc) is 2.63. The second-order valence-corrected chi connectivity index (χ2v) is 6.48. The van der Waals surface area contributed by atoms with Crippen LogP contribution >= 0.6 is 0 Å². The van der Waals surface area contributed by atoms with Gasteiger partial charge in [-0.15, -0.1) is 0 Å². The fourth-order valence-electron chi connectivity index (χ4n) is 4.82. The average molecular weight is 234 g/mol. The monoisotopic (exact) mass is 234 g/mol. The Morgan fingerprint density at radius 3 is 2.12 bits per heavy atom. The Balaban J connectivity index is 1.57. The van der Waals surface area contributed by atoms with Crippen LogP contribution in [0.25, 0.3) is 0 Å². The molecular weight excluding hydrogens is 212 g/mol. The topological polar surface area (TPSA) is 23.6 Å². The van der Waals surface area contributed by atoms with Crippen LogP contribution in [0.3, 0.4) is 0 Å². The maximum absolute atomic E-state index is 11.7. The Labute approximate surface area is 103 Å². The molecule has 94 valence electrons. The standard InChI is InChI=1S/C14H22N2O/c17-13-7-11-1-2-12(8-13)16(11)14-9-15-5-3-10(14)4-6-15/h10-12,14H,1-9H2. The van der Waals surface area contributed by atoms with Crippen molar-refractivity contribution in [3.63, 3.8) is 0 Å². The van der Waals surface area contributed by atoms with Crippen molar-refractivity contribution in [2.75, 3.05) is 19.6 Å². The number of fused-ring (bicyclic) bond motifs is 6. The normalized spacial score (nSPS) is 49.9. The number of carbonyl (C=O) groups is 1. The predicted octanol–water partition coefficient (Wildman–Crippen LogP) is 1.28. The summed E-state index contributed by atoms with van der Waals surface area (Å²) in [5, 5.41) is 0. The molecule has 0 radical (unpaired) electrons. The first-order valence-electron chi connectivity index (χ1n) is 7.33. The summed E-state index contributed by atoms with van der Waals surface area (Å²) >= 11 is 0. The number of piperidine rings is 4. The molecule has 5 fully saturated rings. The highest BCUT2D eigenvalue weighted by Gasteiger charge is 2.47. The molecule has 3 unspecified atom stereocenters. The van der Waals surface area contributed by atoms with Gasteiger partial charge in [0.2, 0.25) is 0 Å². The zero-order valence-corrected chi connectivity index (χ0v) is 10.5. The van der Waals surface area contributed by atoms with Gasteiger partial charge in [0.1, 0.15) is 5.78 Å². The van der Waals surface area contributed by atoms with Crippen molar-refractivity contribution < 1.29 is 4.79 Å². The van der Waals surface area contributed by atoms with Crippen LogP contribution < -0.4 is 0 Å². The number of carbonyl (C=O) groups excluding carboxylic acids is 1. The van der Waals surface area contributed by atoms with E-state index in [1.54, 1.807) is 0 Å². The number of Topliss-reactive ketones (excluding diaryl/α,β-unsaturated/α-hetero) is 1. The lowest BCUT2D eigenvalue weighted by atomic mass is 9.81. The van der Waals surface area contributed by atoms with Gasteiger partial charge in [0.15, 0.2) is 0 Å². The summed E-state index contributed by atoms with van der Waals surface area (Å²) in [6.45, 7) is 3.93. The summed E-state index contributed by atoms with van der Waals surface area (Å²) in [6.07, 6.45) is 7.04. The van der Waals surface area contributed by atoms with Gasteiger partial charge in [-0.1, -0.05) is 0 Å². The van der Waals surface area contributed by atoms with Crippen molar-refractivity contribution in [2.45, 2.75) is 56.7 Å². The highest BCUT2D eigenvalue weighted by molar-refractivity contribution is 5.81. The van der Waals surface area contributed by atoms with Gasteiger partial charge >= 0.3 is 0 Å². The van der Waals surface area contributed by atoms with Crippen molar-refractivity contribution >= 4 is 5.78 Å². The van der Waals surface area contributed by atoms with Crippen LogP contribution in [-0.2, 0) is 4.79 Å². The Morgan fingerprint density at radius 2 is 1.59 bits per heavy atom. The predicted molar refractivity (Wildman–Crippen MR) is 65.8 cm³/mol. The van der Waals surface area contributed by atoms with Gasteiger partial charge in [-0.05, 0) is 44.7 Å². The van der Waals surface area contributed by atoms with Gasteiger partial charge in [-0.2, -0.15) is 0 Å². The summed E-state index contributed by atoms with van der Waals surface area (Å²) in [4.78, 5) is 17.1. The van der Waals surface area contributed by atoms with Crippen LogP contribution in [0, 0.1) is 5.92 Å². The molecule has 3 atom stereocenters. The highest BCUT2D eigenvalue weighted by atomic mass is 16.1. The molecule has 5 rings (SSSR count). The van der Waals surface area contributed by atoms with E-state index in [9.17, 15) is 4.79 Å². The molecule has 0 saturated carbocycles. The second-order valence-electron chi connectivity index (χ2n) is 6.48. The lowest BCUT2D eigenvalue weighted by Crippen LogP contribution is -2.61. The minimum atomic E-state index is 0.523. The van der Waals surface area contributed by atoms with Gasteiger partial charge in [-0.25, -0.2) is 0 Å². The van der Waals surface area contributed by atoms with Crippen LogP contribution in [0.15, 0.2) is 0 Å². The number of rotatable bonds is 1. The fraction of sp³-hybridized carbons (Fsp3) is 0.929. The van der Waals surface area contributed by atoms with Gasteiger partial charge in [0, 0.05) is 37.5 Å². The van der Waals surface area contributed by atoms with Crippen LogP contribution in [0.1, 0.15) is 38.5 Å². The largest absolute Gasteiger partial charge is 0.302 e. The molecule has 0 N–H and O–H groups in total. The van der Waals surface area contributed by atoms with E-state index >= 15 is 0 Å². The molecule has 0 amide bonds. The van der Waals surface area contributed by atoms with E-state index in [0.29, 0.717) is 17.9 Å². The molecule has 0 aromatic heterocycles. The number of nitrogens with zero attached hydrogens (tertiary/aromatic N) is 2. The lowest BCUT2D eigenvalue weighted by Gasteiger charge is -2.52. The first-order chi connectivity index (χ1) is 8.31. The van der Waals surface area contributed by atoms with Gasteiger partial charge in [-0.3, -0.25) is 9.69 Å². The van der Waals surface area contributed by atoms with E-state index in [4.69, 9.17) is 0 Å². The summed E-state index contributed by atoms with van der Waals surface area (Å²) in [5.41, 5.74) is 0. The van der Waals surface area contributed by atoms with Gasteiger partial charge < -0.3 is 4.90 Å². The summed E-state index contributed by atoms with van der Waals surface area (Å²) in [7, 11) is 0. The summed E-state index contributed by atoms with van der Waals surface area (Å²) < 4.78 is 0. The third-order valence-electron chi connectivity index (χ3n) is 5.61. The van der Waals surface area contributed by atoms with Crippen molar-refractivity contribution in [1.29, 1.82) is 0 Å². The number of ketones is 1. The molecule has 3 nitrogen and oxygen atoms in total. The Kier molecular flexibility index (Phi) is 2.34. The Hall–Kier alpha value is -0.410. The maximum Gasteiger partial charge on any atom is 0.136 e. The SMILES string of the molecule is O=C1CC2CCC(C1)N2C1CN2CCC1CC2. The van der Waals surface area contributed by atoms with E-state index in [-0.39, 0.29) is 0 Å². The molecule has 5 saturated heterocycles. The molecule has 5 heterocycles. The summed E-state index contributed by atoms with van der Waals surface area (Å²) in [5.74, 6) is 1.45. The van der Waals surface area contributed by atoms with Crippen LogP contribution in [0.4, 0.5) is 0 Å². The molecule has 5 aliphatic rings. The smallest absolute Gasteiger partial charge is 0.136 e. The van der Waals surface area contributed by atoms with E-state index in [1.165, 1.54) is 45.3 Å². The molecule has 5 aliphatic heterocycles. The van der Waals surface area contributed by atoms with Gasteiger partial charge in [0.25, 0.3) is 0 Å². The third-order valence-corrected chi connectivity index (χ3v) is 5.61. The quantitative estimate of drug-likeness (QED) is 0.683. The Morgan fingerprint density at radius 1 is 0.941 bits per heavy atom. The van der Waals surface area contributed by atoms with Crippen molar-refractivity contribution in [1.82, 2.24) is 9.80 Å². The molecule has 3 heteroatoms. The first-order valence-corrected chi connectivity index (χ1v) is 7.33. The van der Waals surface area contributed by atoms with E-state index in [2.05, 4.69) is 9.80 Å². The fourth-order valence-corrected chi connectivity index (χ4v) is 4.82. The van der Waals surface area contributed by atoms with Crippen LogP contribution in [0.2, 0.25) is 0 Å². The van der Waals surface area contributed by atoms with E-state index in [1.807, 2.05) is 0 Å². The van der Waals surface area contributed by atoms with E-state index in [0.717, 1.165) is 24.8 Å². The number of hydrogen-bond acceptors (Lipinski definition) is 3. The highest BCUT2D eigenvalue weighted by Crippen LogP contribution is 2.41. The van der Waals surface area contributed by atoms with E-state index < -0.39 is 0 Å². The minimum absolute atomic E-state index is 0.523. The molecule has 0 spiro atoms. The first kappa shape index (κ1) is 10.5. The summed E-state index contributed by atoms with van der Waals surface area (Å²) in [6, 6.07) is 1.99. The van der Waals surface area contributed by atoms with Crippen molar-refractivity contribution in [3.05, 3.63) is 0 Å². The van der Waals surface area contributed by atoms with Crippen molar-refractivity contribution in [2.24, 2.45) is 5.92 Å². The zero-order chi connectivity index (χ0) is 11.4. The third kappa shape index (κ3) is 1.59. The molecule has 4 bridgehead atoms.